The zero-order valence-electron chi connectivity index (χ0n) is 17.6. The summed E-state index contributed by atoms with van der Waals surface area (Å²) in [5.41, 5.74) is 3.16. The predicted octanol–water partition coefficient (Wildman–Crippen LogP) is 4.22. The lowest BCUT2D eigenvalue weighted by atomic mass is 10.2. The second kappa shape index (κ2) is 9.80. The second-order valence-electron chi connectivity index (χ2n) is 7.33. The molecular weight excluding hydrogens is 430 g/mol. The number of methoxy groups -OCH3 is 1. The number of ether oxygens (including phenoxy) is 2. The van der Waals surface area contributed by atoms with Crippen molar-refractivity contribution in [3.05, 3.63) is 64.6 Å². The maximum absolute atomic E-state index is 13.2. The van der Waals surface area contributed by atoms with Crippen molar-refractivity contribution in [1.82, 2.24) is 4.90 Å². The summed E-state index contributed by atoms with van der Waals surface area (Å²) < 4.78 is 10.8. The molecule has 4 rings (SSSR count). The first-order chi connectivity index (χ1) is 15.1. The summed E-state index contributed by atoms with van der Waals surface area (Å²) in [6.07, 6.45) is 0. The summed E-state index contributed by atoms with van der Waals surface area (Å²) in [7, 11) is 3.68. The van der Waals surface area contributed by atoms with Gasteiger partial charge < -0.3 is 14.4 Å². The minimum atomic E-state index is -0.0719. The van der Waals surface area contributed by atoms with E-state index in [0.717, 1.165) is 33.2 Å². The van der Waals surface area contributed by atoms with Crippen LogP contribution in [0.15, 0.2) is 63.9 Å². The van der Waals surface area contributed by atoms with Crippen molar-refractivity contribution in [3.63, 3.8) is 0 Å². The molecular formula is C23H25N3O3S2. The molecule has 8 heteroatoms. The lowest BCUT2D eigenvalue weighted by molar-refractivity contribution is -0.122. The van der Waals surface area contributed by atoms with Gasteiger partial charge in [-0.2, -0.15) is 0 Å². The van der Waals surface area contributed by atoms with Crippen LogP contribution in [0.25, 0.3) is 0 Å². The fraction of sp³-hybridized carbons (Fsp3) is 0.304. The number of rotatable bonds is 6. The van der Waals surface area contributed by atoms with Gasteiger partial charge in [0.15, 0.2) is 5.17 Å². The van der Waals surface area contributed by atoms with Gasteiger partial charge in [0.2, 0.25) is 0 Å². The Bertz CT molecular complexity index is 1010. The van der Waals surface area contributed by atoms with E-state index in [-0.39, 0.29) is 5.91 Å². The van der Waals surface area contributed by atoms with E-state index in [1.54, 1.807) is 23.8 Å². The van der Waals surface area contributed by atoms with Gasteiger partial charge >= 0.3 is 0 Å². The molecule has 1 N–H and O–H groups in total. The first-order valence-corrected chi connectivity index (χ1v) is 11.8. The molecule has 0 atom stereocenters. The largest absolute Gasteiger partial charge is 0.491 e. The van der Waals surface area contributed by atoms with Crippen LogP contribution in [0, 0.1) is 5.41 Å². The van der Waals surface area contributed by atoms with Crippen molar-refractivity contribution in [2.75, 3.05) is 44.6 Å². The van der Waals surface area contributed by atoms with Gasteiger partial charge in [-0.05, 0) is 35.0 Å². The number of nitrogens with zero attached hydrogens (tertiary/aromatic N) is 2. The number of hydrogen-bond acceptors (Lipinski definition) is 7. The van der Waals surface area contributed by atoms with Gasteiger partial charge in [0.25, 0.3) is 5.91 Å². The lowest BCUT2D eigenvalue weighted by Gasteiger charge is -2.21. The quantitative estimate of drug-likeness (QED) is 0.520. The number of nitrogens with one attached hydrogen (secondary N) is 1. The number of amides is 1. The summed E-state index contributed by atoms with van der Waals surface area (Å²) in [5, 5.41) is 8.66. The highest BCUT2D eigenvalue weighted by atomic mass is 32.2. The smallest absolute Gasteiger partial charge is 0.267 e. The number of hydrogen-bond donors (Lipinski definition) is 1. The highest BCUT2D eigenvalue weighted by Crippen LogP contribution is 2.41. The van der Waals surface area contributed by atoms with Crippen LogP contribution in [0.2, 0.25) is 0 Å². The fourth-order valence-corrected chi connectivity index (χ4v) is 5.63. The molecule has 2 aliphatic heterocycles. The summed E-state index contributed by atoms with van der Waals surface area (Å²) in [6, 6.07) is 15.9. The molecule has 31 heavy (non-hydrogen) atoms. The van der Waals surface area contributed by atoms with Crippen LogP contribution in [-0.4, -0.2) is 55.6 Å². The Kier molecular flexibility index (Phi) is 6.89. The Morgan fingerprint density at radius 2 is 1.94 bits per heavy atom. The zero-order chi connectivity index (χ0) is 21.8. The Hall–Kier alpha value is -2.42. The molecule has 2 aromatic rings. The van der Waals surface area contributed by atoms with Crippen molar-refractivity contribution in [3.8, 4) is 5.75 Å². The average Bonchev–Trinajstić information content (AvgIpc) is 2.95. The maximum Gasteiger partial charge on any atom is 0.267 e. The second-order valence-corrected chi connectivity index (χ2v) is 9.35. The van der Waals surface area contributed by atoms with Gasteiger partial charge in [0.1, 0.15) is 12.4 Å². The Balaban J connectivity index is 1.52. The minimum absolute atomic E-state index is 0.0719. The Morgan fingerprint density at radius 3 is 2.71 bits per heavy atom. The van der Waals surface area contributed by atoms with E-state index in [2.05, 4.69) is 11.0 Å². The first kappa shape index (κ1) is 21.8. The molecule has 2 aromatic carbocycles. The predicted molar refractivity (Wildman–Crippen MR) is 127 cm³/mol. The van der Waals surface area contributed by atoms with Crippen LogP contribution < -0.4 is 9.64 Å². The van der Waals surface area contributed by atoms with E-state index >= 15 is 0 Å². The molecule has 1 saturated heterocycles. The van der Waals surface area contributed by atoms with Gasteiger partial charge in [-0.1, -0.05) is 30.3 Å². The number of fused-ring (bicyclic) bond motifs is 1. The number of carbonyl (C=O) groups is 1. The molecule has 0 saturated carbocycles. The maximum atomic E-state index is 13.2. The molecule has 2 heterocycles. The Morgan fingerprint density at radius 1 is 1.13 bits per heavy atom. The molecule has 1 fully saturated rings. The first-order valence-electron chi connectivity index (χ1n) is 10.0. The highest BCUT2D eigenvalue weighted by molar-refractivity contribution is 8.18. The van der Waals surface area contributed by atoms with Crippen LogP contribution in [0.3, 0.4) is 0 Å². The van der Waals surface area contributed by atoms with E-state index in [9.17, 15) is 4.79 Å². The molecule has 162 valence electrons. The number of thioether (sulfide) groups is 2. The van der Waals surface area contributed by atoms with Crippen LogP contribution in [0.5, 0.6) is 5.75 Å². The summed E-state index contributed by atoms with van der Waals surface area (Å²) in [4.78, 5) is 18.7. The molecule has 0 aliphatic carbocycles. The monoisotopic (exact) mass is 455 g/mol. The van der Waals surface area contributed by atoms with Crippen LogP contribution in [0.4, 0.5) is 5.69 Å². The van der Waals surface area contributed by atoms with Crippen molar-refractivity contribution < 1.29 is 14.3 Å². The lowest BCUT2D eigenvalue weighted by Crippen LogP contribution is -2.29. The number of likely N-dealkylation sites (N-methyl/N-ethyl adjacent to an activating group) is 1. The number of amidine groups is 1. The summed E-state index contributed by atoms with van der Waals surface area (Å²) >= 11 is 2.99. The molecule has 0 unspecified atom stereocenters. The third-order valence-electron chi connectivity index (χ3n) is 5.12. The third kappa shape index (κ3) is 4.92. The van der Waals surface area contributed by atoms with Crippen molar-refractivity contribution >= 4 is 40.3 Å². The minimum Gasteiger partial charge on any atom is -0.491 e. The third-order valence-corrected chi connectivity index (χ3v) is 7.35. The van der Waals surface area contributed by atoms with E-state index in [4.69, 9.17) is 14.9 Å². The van der Waals surface area contributed by atoms with E-state index in [1.165, 1.54) is 11.8 Å². The molecule has 0 aromatic heterocycles. The SMILES string of the molecule is COCCOc1ccc2c(c1)N(C)CC(=C1SC(=N)N(Cc3ccccc3)C1=O)CS2. The van der Waals surface area contributed by atoms with Crippen molar-refractivity contribution in [1.29, 1.82) is 5.41 Å². The zero-order valence-corrected chi connectivity index (χ0v) is 19.2. The van der Waals surface area contributed by atoms with E-state index in [1.807, 2.05) is 49.5 Å². The van der Waals surface area contributed by atoms with Crippen LogP contribution >= 0.6 is 23.5 Å². The fourth-order valence-electron chi connectivity index (χ4n) is 3.51. The Labute approximate surface area is 191 Å². The van der Waals surface area contributed by atoms with Gasteiger partial charge in [0.05, 0.1) is 23.7 Å². The molecule has 2 aliphatic rings. The van der Waals surface area contributed by atoms with E-state index in [0.29, 0.717) is 36.4 Å². The highest BCUT2D eigenvalue weighted by Gasteiger charge is 2.35. The van der Waals surface area contributed by atoms with Gasteiger partial charge in [-0.3, -0.25) is 15.1 Å². The van der Waals surface area contributed by atoms with Crippen LogP contribution in [0.1, 0.15) is 5.56 Å². The number of anilines is 1. The van der Waals surface area contributed by atoms with Crippen molar-refractivity contribution in [2.24, 2.45) is 0 Å². The molecule has 1 amide bonds. The molecule has 0 bridgehead atoms. The average molecular weight is 456 g/mol. The van der Waals surface area contributed by atoms with Gasteiger partial charge in [-0.25, -0.2) is 0 Å². The summed E-state index contributed by atoms with van der Waals surface area (Å²) in [5.74, 6) is 1.46. The van der Waals surface area contributed by atoms with E-state index < -0.39 is 0 Å². The van der Waals surface area contributed by atoms with Gasteiger partial charge in [0, 0.05) is 37.4 Å². The number of carbonyl (C=O) groups excluding carboxylic acids is 1. The van der Waals surface area contributed by atoms with Gasteiger partial charge in [-0.15, -0.1) is 11.8 Å². The standard InChI is InChI=1S/C23H25N3O3S2/c1-25-14-17(15-30-20-9-8-18(12-19(20)25)29-11-10-28-2)21-22(27)26(23(24)31-21)13-16-6-4-3-5-7-16/h3-9,12,24H,10-11,13-15H2,1-2H3. The molecule has 6 nitrogen and oxygen atoms in total. The summed E-state index contributed by atoms with van der Waals surface area (Å²) in [6.45, 7) is 2.12. The van der Waals surface area contributed by atoms with Crippen LogP contribution in [-0.2, 0) is 16.1 Å². The topological polar surface area (TPSA) is 65.9 Å². The normalized spacial score (nSPS) is 18.9. The molecule has 0 radical (unpaired) electrons. The number of benzene rings is 2. The molecule has 0 spiro atoms. The van der Waals surface area contributed by atoms with Crippen molar-refractivity contribution in [2.45, 2.75) is 11.4 Å².